The van der Waals surface area contributed by atoms with Crippen LogP contribution in [0.4, 0.5) is 0 Å². The lowest BCUT2D eigenvalue weighted by Gasteiger charge is -2.32. The fourth-order valence-electron chi connectivity index (χ4n) is 1.54. The van der Waals surface area contributed by atoms with Gasteiger partial charge in [-0.2, -0.15) is 4.31 Å². The normalized spacial score (nSPS) is 19.4. The molecule has 0 aromatic heterocycles. The summed E-state index contributed by atoms with van der Waals surface area (Å²) < 4.78 is 25.4. The molecule has 84 valence electrons. The molecule has 0 aromatic carbocycles. The van der Waals surface area contributed by atoms with Crippen molar-refractivity contribution < 1.29 is 8.42 Å². The molecule has 0 bridgehead atoms. The molecule has 0 saturated heterocycles. The third kappa shape index (κ3) is 2.11. The van der Waals surface area contributed by atoms with Gasteiger partial charge in [0.25, 0.3) is 0 Å². The second-order valence-corrected chi connectivity index (χ2v) is 7.87. The van der Waals surface area contributed by atoms with Crippen molar-refractivity contribution in [3.05, 3.63) is 0 Å². The van der Waals surface area contributed by atoms with E-state index in [-0.39, 0.29) is 12.1 Å². The Kier molecular flexibility index (Phi) is 2.99. The summed E-state index contributed by atoms with van der Waals surface area (Å²) in [5, 5.41) is 0. The molecule has 0 unspecified atom stereocenters. The van der Waals surface area contributed by atoms with Crippen LogP contribution in [-0.4, -0.2) is 29.6 Å². The summed E-state index contributed by atoms with van der Waals surface area (Å²) in [4.78, 5) is 0. The van der Waals surface area contributed by atoms with Gasteiger partial charge in [-0.15, -0.1) is 0 Å². The maximum atomic E-state index is 12.2. The van der Waals surface area contributed by atoms with Crippen LogP contribution in [0.5, 0.6) is 0 Å². The first-order valence-electron chi connectivity index (χ1n) is 5.21. The summed E-state index contributed by atoms with van der Waals surface area (Å²) in [6.45, 7) is 9.18. The van der Waals surface area contributed by atoms with Gasteiger partial charge in [0.15, 0.2) is 0 Å². The summed E-state index contributed by atoms with van der Waals surface area (Å²) in [5.41, 5.74) is 0. The van der Waals surface area contributed by atoms with Gasteiger partial charge in [0.2, 0.25) is 10.0 Å². The van der Waals surface area contributed by atoms with Crippen molar-refractivity contribution in [2.75, 3.05) is 0 Å². The molecule has 0 spiro atoms. The summed E-state index contributed by atoms with van der Waals surface area (Å²) in [7, 11) is -3.14. The van der Waals surface area contributed by atoms with Gasteiger partial charge in [-0.05, 0) is 47.5 Å². The Balaban J connectivity index is 2.99. The van der Waals surface area contributed by atoms with Crippen molar-refractivity contribution in [2.24, 2.45) is 0 Å². The lowest BCUT2D eigenvalue weighted by molar-refractivity contribution is 0.334. The largest absolute Gasteiger partial charge is 0.219 e. The minimum absolute atomic E-state index is 0.0757. The molecular weight excluding hydrogens is 198 g/mol. The zero-order valence-electron chi connectivity index (χ0n) is 9.74. The van der Waals surface area contributed by atoms with Crippen molar-refractivity contribution in [3.63, 3.8) is 0 Å². The third-order valence-corrected chi connectivity index (χ3v) is 5.29. The van der Waals surface area contributed by atoms with Crippen LogP contribution >= 0.6 is 0 Å². The Morgan fingerprint density at radius 3 is 1.86 bits per heavy atom. The average Bonchev–Trinajstić information content (AvgIpc) is 2.66. The van der Waals surface area contributed by atoms with E-state index in [2.05, 4.69) is 0 Å². The van der Waals surface area contributed by atoms with Crippen LogP contribution in [0.2, 0.25) is 0 Å². The van der Waals surface area contributed by atoms with Crippen molar-refractivity contribution >= 4 is 10.0 Å². The lowest BCUT2D eigenvalue weighted by atomic mass is 10.3. The molecule has 1 rings (SSSR count). The molecule has 0 amide bonds. The van der Waals surface area contributed by atoms with Crippen LogP contribution in [0.3, 0.4) is 0 Å². The first-order chi connectivity index (χ1) is 6.18. The summed E-state index contributed by atoms with van der Waals surface area (Å²) in [6, 6.07) is 0.339. The molecule has 0 heterocycles. The van der Waals surface area contributed by atoms with E-state index in [4.69, 9.17) is 0 Å². The topological polar surface area (TPSA) is 37.4 Å². The second-order valence-electron chi connectivity index (χ2n) is 5.27. The SMILES string of the molecule is CC(C)N(C1CC1)S(=O)(=O)C(C)(C)C. The molecule has 0 atom stereocenters. The zero-order chi connectivity index (χ0) is 11.1. The van der Waals surface area contributed by atoms with Gasteiger partial charge in [0.1, 0.15) is 0 Å². The molecule has 4 heteroatoms. The molecule has 1 saturated carbocycles. The summed E-state index contributed by atoms with van der Waals surface area (Å²) in [6.07, 6.45) is 2.04. The van der Waals surface area contributed by atoms with E-state index in [1.807, 2.05) is 13.8 Å². The molecule has 0 aromatic rings. The highest BCUT2D eigenvalue weighted by Gasteiger charge is 2.44. The van der Waals surface area contributed by atoms with E-state index in [0.29, 0.717) is 0 Å². The van der Waals surface area contributed by atoms with Gasteiger partial charge < -0.3 is 0 Å². The minimum atomic E-state index is -3.14. The predicted molar refractivity (Wildman–Crippen MR) is 58.7 cm³/mol. The number of hydrogen-bond donors (Lipinski definition) is 0. The molecular formula is C10H21NO2S. The Bertz CT molecular complexity index is 295. The molecule has 3 nitrogen and oxygen atoms in total. The van der Waals surface area contributed by atoms with Crippen molar-refractivity contribution in [2.45, 2.75) is 64.3 Å². The summed E-state index contributed by atoms with van der Waals surface area (Å²) >= 11 is 0. The van der Waals surface area contributed by atoms with Crippen LogP contribution in [0, 0.1) is 0 Å². The molecule has 0 N–H and O–H groups in total. The molecule has 0 radical (unpaired) electrons. The lowest BCUT2D eigenvalue weighted by Crippen LogP contribution is -2.47. The standard InChI is InChI=1S/C10H21NO2S/c1-8(2)11(9-6-7-9)14(12,13)10(3,4)5/h8-9H,6-7H2,1-5H3. The van der Waals surface area contributed by atoms with E-state index in [1.54, 1.807) is 25.1 Å². The average molecular weight is 219 g/mol. The molecule has 0 aliphatic heterocycles. The van der Waals surface area contributed by atoms with Gasteiger partial charge in [-0.3, -0.25) is 0 Å². The van der Waals surface area contributed by atoms with E-state index in [1.165, 1.54) is 0 Å². The summed E-state index contributed by atoms with van der Waals surface area (Å²) in [5.74, 6) is 0. The number of nitrogens with zero attached hydrogens (tertiary/aromatic N) is 1. The van der Waals surface area contributed by atoms with Crippen LogP contribution < -0.4 is 0 Å². The van der Waals surface area contributed by atoms with Crippen LogP contribution in [-0.2, 0) is 10.0 Å². The van der Waals surface area contributed by atoms with Gasteiger partial charge >= 0.3 is 0 Å². The van der Waals surface area contributed by atoms with Gasteiger partial charge in [0.05, 0.1) is 4.75 Å². The van der Waals surface area contributed by atoms with Crippen molar-refractivity contribution in [3.8, 4) is 0 Å². The molecule has 1 fully saturated rings. The first kappa shape index (κ1) is 12.0. The highest BCUT2D eigenvalue weighted by Crippen LogP contribution is 2.35. The van der Waals surface area contributed by atoms with E-state index < -0.39 is 14.8 Å². The molecule has 14 heavy (non-hydrogen) atoms. The zero-order valence-corrected chi connectivity index (χ0v) is 10.6. The van der Waals surface area contributed by atoms with Crippen molar-refractivity contribution in [1.82, 2.24) is 4.31 Å². The second kappa shape index (κ2) is 3.49. The minimum Gasteiger partial charge on any atom is -0.212 e. The van der Waals surface area contributed by atoms with E-state index >= 15 is 0 Å². The fourth-order valence-corrected chi connectivity index (χ4v) is 3.33. The maximum absolute atomic E-state index is 12.2. The Morgan fingerprint density at radius 1 is 1.21 bits per heavy atom. The maximum Gasteiger partial charge on any atom is 0.219 e. The number of hydrogen-bond acceptors (Lipinski definition) is 2. The van der Waals surface area contributed by atoms with Gasteiger partial charge in [-0.1, -0.05) is 0 Å². The Labute approximate surface area is 87.5 Å². The van der Waals surface area contributed by atoms with Crippen LogP contribution in [0.1, 0.15) is 47.5 Å². The number of sulfonamides is 1. The van der Waals surface area contributed by atoms with E-state index in [0.717, 1.165) is 12.8 Å². The smallest absolute Gasteiger partial charge is 0.212 e. The van der Waals surface area contributed by atoms with Gasteiger partial charge in [0, 0.05) is 12.1 Å². The first-order valence-corrected chi connectivity index (χ1v) is 6.65. The quantitative estimate of drug-likeness (QED) is 0.728. The monoisotopic (exact) mass is 219 g/mol. The third-order valence-electron chi connectivity index (χ3n) is 2.47. The molecule has 1 aliphatic carbocycles. The highest BCUT2D eigenvalue weighted by molar-refractivity contribution is 7.90. The Morgan fingerprint density at radius 2 is 1.64 bits per heavy atom. The van der Waals surface area contributed by atoms with Crippen LogP contribution in [0.15, 0.2) is 0 Å². The number of rotatable bonds is 3. The Hall–Kier alpha value is -0.0900. The highest BCUT2D eigenvalue weighted by atomic mass is 32.2. The predicted octanol–water partition coefficient (Wildman–Crippen LogP) is 1.99. The van der Waals surface area contributed by atoms with E-state index in [9.17, 15) is 8.42 Å². The van der Waals surface area contributed by atoms with Crippen LogP contribution in [0.25, 0.3) is 0 Å². The molecule has 1 aliphatic rings. The van der Waals surface area contributed by atoms with Gasteiger partial charge in [-0.25, -0.2) is 8.42 Å². The van der Waals surface area contributed by atoms with Crippen molar-refractivity contribution in [1.29, 1.82) is 0 Å². The fraction of sp³-hybridized carbons (Fsp3) is 1.00.